The second-order valence-corrected chi connectivity index (χ2v) is 10.0. The van der Waals surface area contributed by atoms with Gasteiger partial charge < -0.3 is 19.4 Å². The number of nitrogens with zero attached hydrogens (tertiary/aromatic N) is 1. The molecule has 6 heteroatoms. The number of rotatable bonds is 8. The van der Waals surface area contributed by atoms with Crippen LogP contribution in [0, 0.1) is 5.92 Å². The Morgan fingerprint density at radius 3 is 2.56 bits per heavy atom. The van der Waals surface area contributed by atoms with Gasteiger partial charge in [-0.2, -0.15) is 0 Å². The van der Waals surface area contributed by atoms with Gasteiger partial charge >= 0.3 is 6.09 Å². The highest BCUT2D eigenvalue weighted by molar-refractivity contribution is 5.96. The van der Waals surface area contributed by atoms with Gasteiger partial charge in [0.15, 0.2) is 5.76 Å². The SMILES string of the molecule is CCCC(CCC)Cc1ccc2oc(C(=O)N[C@@H]3CCN(C(=O)OC(C)(C)C)C3)cc2c1. The average Bonchev–Trinajstić information content (AvgIpc) is 3.34. The van der Waals surface area contributed by atoms with Gasteiger partial charge in [0.1, 0.15) is 11.2 Å². The van der Waals surface area contributed by atoms with Gasteiger partial charge in [-0.25, -0.2) is 4.79 Å². The molecule has 0 spiro atoms. The highest BCUT2D eigenvalue weighted by atomic mass is 16.6. The quantitative estimate of drug-likeness (QED) is 0.550. The molecule has 0 radical (unpaired) electrons. The van der Waals surface area contributed by atoms with Crippen molar-refractivity contribution in [1.82, 2.24) is 10.2 Å². The molecule has 2 amide bonds. The summed E-state index contributed by atoms with van der Waals surface area (Å²) in [6, 6.07) is 7.94. The highest BCUT2D eigenvalue weighted by Gasteiger charge is 2.31. The summed E-state index contributed by atoms with van der Waals surface area (Å²) in [6.45, 7) is 11.0. The molecule has 1 saturated heterocycles. The van der Waals surface area contributed by atoms with Crippen molar-refractivity contribution in [3.05, 3.63) is 35.6 Å². The first-order chi connectivity index (χ1) is 15.2. The van der Waals surface area contributed by atoms with Crippen molar-refractivity contribution in [1.29, 1.82) is 0 Å². The second-order valence-electron chi connectivity index (χ2n) is 10.0. The van der Waals surface area contributed by atoms with E-state index in [1.807, 2.05) is 32.9 Å². The van der Waals surface area contributed by atoms with E-state index in [1.165, 1.54) is 31.2 Å². The van der Waals surface area contributed by atoms with Gasteiger partial charge in [-0.15, -0.1) is 0 Å². The first-order valence-electron chi connectivity index (χ1n) is 12.0. The van der Waals surface area contributed by atoms with E-state index in [-0.39, 0.29) is 18.0 Å². The number of hydrogen-bond acceptors (Lipinski definition) is 4. The Kier molecular flexibility index (Phi) is 7.86. The van der Waals surface area contributed by atoms with Crippen molar-refractivity contribution in [3.8, 4) is 0 Å². The van der Waals surface area contributed by atoms with E-state index in [1.54, 1.807) is 4.90 Å². The van der Waals surface area contributed by atoms with Crippen molar-refractivity contribution in [2.75, 3.05) is 13.1 Å². The van der Waals surface area contributed by atoms with Gasteiger partial charge in [-0.05, 0) is 63.3 Å². The lowest BCUT2D eigenvalue weighted by Crippen LogP contribution is -2.40. The monoisotopic (exact) mass is 442 g/mol. The number of ether oxygens (including phenoxy) is 1. The molecular formula is C26H38N2O4. The Morgan fingerprint density at radius 1 is 1.19 bits per heavy atom. The lowest BCUT2D eigenvalue weighted by molar-refractivity contribution is 0.0290. The molecular weight excluding hydrogens is 404 g/mol. The van der Waals surface area contributed by atoms with Crippen LogP contribution < -0.4 is 5.32 Å². The van der Waals surface area contributed by atoms with Gasteiger partial charge in [0.2, 0.25) is 0 Å². The molecule has 1 aliphatic rings. The predicted molar refractivity (Wildman–Crippen MR) is 127 cm³/mol. The van der Waals surface area contributed by atoms with Gasteiger partial charge in [0, 0.05) is 24.5 Å². The summed E-state index contributed by atoms with van der Waals surface area (Å²) in [5, 5.41) is 3.96. The molecule has 1 atom stereocenters. The number of amides is 2. The van der Waals surface area contributed by atoms with E-state index in [0.29, 0.717) is 31.2 Å². The van der Waals surface area contributed by atoms with Gasteiger partial charge in [-0.3, -0.25) is 4.79 Å². The fourth-order valence-electron chi connectivity index (χ4n) is 4.46. The van der Waals surface area contributed by atoms with Crippen LogP contribution in [0.25, 0.3) is 11.0 Å². The average molecular weight is 443 g/mol. The molecule has 6 nitrogen and oxygen atoms in total. The Morgan fingerprint density at radius 2 is 1.91 bits per heavy atom. The highest BCUT2D eigenvalue weighted by Crippen LogP contribution is 2.25. The molecule has 0 aliphatic carbocycles. The fraction of sp³-hybridized carbons (Fsp3) is 0.615. The third-order valence-corrected chi connectivity index (χ3v) is 5.90. The van der Waals surface area contributed by atoms with Crippen molar-refractivity contribution in [3.63, 3.8) is 0 Å². The molecule has 32 heavy (non-hydrogen) atoms. The van der Waals surface area contributed by atoms with Crippen LogP contribution in [0.2, 0.25) is 0 Å². The second kappa shape index (κ2) is 10.4. The predicted octanol–water partition coefficient (Wildman–Crippen LogP) is 5.93. The molecule has 1 N–H and O–H groups in total. The zero-order valence-corrected chi connectivity index (χ0v) is 20.2. The molecule has 0 saturated carbocycles. The van der Waals surface area contributed by atoms with Crippen molar-refractivity contribution >= 4 is 23.0 Å². The summed E-state index contributed by atoms with van der Waals surface area (Å²) in [4.78, 5) is 26.7. The van der Waals surface area contributed by atoms with E-state index < -0.39 is 5.60 Å². The van der Waals surface area contributed by atoms with Gasteiger partial charge in [0.25, 0.3) is 5.91 Å². The number of benzene rings is 1. The molecule has 0 bridgehead atoms. The molecule has 176 valence electrons. The van der Waals surface area contributed by atoms with Crippen LogP contribution in [-0.2, 0) is 11.2 Å². The summed E-state index contributed by atoms with van der Waals surface area (Å²) in [5.41, 5.74) is 1.49. The summed E-state index contributed by atoms with van der Waals surface area (Å²) in [5.74, 6) is 0.771. The van der Waals surface area contributed by atoms with Crippen molar-refractivity contribution < 1.29 is 18.7 Å². The minimum Gasteiger partial charge on any atom is -0.451 e. The van der Waals surface area contributed by atoms with Crippen LogP contribution in [0.1, 0.15) is 82.8 Å². The number of carbonyl (C=O) groups is 2. The number of likely N-dealkylation sites (tertiary alicyclic amines) is 1. The Bertz CT molecular complexity index is 922. The van der Waals surface area contributed by atoms with Crippen LogP contribution in [-0.4, -0.2) is 41.6 Å². The van der Waals surface area contributed by atoms with E-state index in [2.05, 4.69) is 31.3 Å². The Balaban J connectivity index is 1.60. The molecule has 1 fully saturated rings. The topological polar surface area (TPSA) is 71.8 Å². The molecule has 0 unspecified atom stereocenters. The largest absolute Gasteiger partial charge is 0.451 e. The van der Waals surface area contributed by atoms with E-state index >= 15 is 0 Å². The first kappa shape index (κ1) is 24.1. The first-order valence-corrected chi connectivity index (χ1v) is 12.0. The van der Waals surface area contributed by atoms with E-state index in [0.717, 1.165) is 17.4 Å². The van der Waals surface area contributed by atoms with Gasteiger partial charge in [0.05, 0.1) is 0 Å². The molecule has 1 aliphatic heterocycles. The third kappa shape index (κ3) is 6.50. The van der Waals surface area contributed by atoms with Crippen molar-refractivity contribution in [2.24, 2.45) is 5.92 Å². The molecule has 2 aromatic rings. The smallest absolute Gasteiger partial charge is 0.410 e. The fourth-order valence-corrected chi connectivity index (χ4v) is 4.46. The van der Waals surface area contributed by atoms with E-state index in [4.69, 9.17) is 9.15 Å². The summed E-state index contributed by atoms with van der Waals surface area (Å²) < 4.78 is 11.2. The molecule has 1 aromatic heterocycles. The van der Waals surface area contributed by atoms with Crippen LogP contribution >= 0.6 is 0 Å². The summed E-state index contributed by atoms with van der Waals surface area (Å²) in [6.07, 6.45) is 6.32. The molecule has 3 rings (SSSR count). The number of fused-ring (bicyclic) bond motifs is 1. The Labute approximate surface area is 191 Å². The number of nitrogens with one attached hydrogen (secondary N) is 1. The van der Waals surface area contributed by atoms with E-state index in [9.17, 15) is 9.59 Å². The van der Waals surface area contributed by atoms with Crippen LogP contribution in [0.15, 0.2) is 28.7 Å². The summed E-state index contributed by atoms with van der Waals surface area (Å²) >= 11 is 0. The number of furan rings is 1. The summed E-state index contributed by atoms with van der Waals surface area (Å²) in [7, 11) is 0. The third-order valence-electron chi connectivity index (χ3n) is 5.90. The maximum Gasteiger partial charge on any atom is 0.410 e. The van der Waals surface area contributed by atoms with Crippen molar-refractivity contribution in [2.45, 2.75) is 84.8 Å². The number of hydrogen-bond donors (Lipinski definition) is 1. The Hall–Kier alpha value is -2.50. The standard InChI is InChI=1S/C26H38N2O4/c1-6-8-18(9-7-2)14-19-10-11-22-20(15-19)16-23(31-22)24(29)27-21-12-13-28(17-21)25(30)32-26(3,4)5/h10-11,15-16,18,21H,6-9,12-14,17H2,1-5H3,(H,27,29)/t21-/m1/s1. The van der Waals surface area contributed by atoms with Crippen LogP contribution in [0.5, 0.6) is 0 Å². The lowest BCUT2D eigenvalue weighted by Gasteiger charge is -2.24. The van der Waals surface area contributed by atoms with Gasteiger partial charge in [-0.1, -0.05) is 45.6 Å². The van der Waals surface area contributed by atoms with Crippen LogP contribution in [0.4, 0.5) is 4.79 Å². The normalized spacial score (nSPS) is 16.7. The lowest BCUT2D eigenvalue weighted by atomic mass is 9.91. The zero-order chi connectivity index (χ0) is 23.3. The maximum absolute atomic E-state index is 12.8. The molecule has 1 aromatic carbocycles. The minimum absolute atomic E-state index is 0.109. The zero-order valence-electron chi connectivity index (χ0n) is 20.2. The number of carbonyl (C=O) groups excluding carboxylic acids is 2. The minimum atomic E-state index is -0.529. The maximum atomic E-state index is 12.8. The molecule has 2 heterocycles. The van der Waals surface area contributed by atoms with Crippen LogP contribution in [0.3, 0.4) is 0 Å².